The Morgan fingerprint density at radius 3 is 2.74 bits per heavy atom. The van der Waals surface area contributed by atoms with Crippen LogP contribution in [0, 0.1) is 0 Å². The average molecular weight is 327 g/mol. The van der Waals surface area contributed by atoms with Crippen LogP contribution in [-0.2, 0) is 6.42 Å². The molecule has 0 saturated carbocycles. The van der Waals surface area contributed by atoms with Crippen LogP contribution in [-0.4, -0.2) is 27.6 Å². The zero-order chi connectivity index (χ0) is 15.6. The van der Waals surface area contributed by atoms with Crippen LogP contribution in [0.1, 0.15) is 30.3 Å². The number of piperidine rings is 1. The third-order valence-corrected chi connectivity index (χ3v) is 4.66. The molecule has 3 heterocycles. The number of benzene rings is 1. The van der Waals surface area contributed by atoms with E-state index in [0.717, 1.165) is 49.3 Å². The molecule has 1 N–H and O–H groups in total. The van der Waals surface area contributed by atoms with Crippen molar-refractivity contribution < 1.29 is 0 Å². The van der Waals surface area contributed by atoms with Crippen LogP contribution >= 0.6 is 11.6 Å². The van der Waals surface area contributed by atoms with Crippen molar-refractivity contribution in [3.63, 3.8) is 0 Å². The van der Waals surface area contributed by atoms with E-state index in [0.29, 0.717) is 11.1 Å². The van der Waals surface area contributed by atoms with Gasteiger partial charge >= 0.3 is 0 Å². The van der Waals surface area contributed by atoms with Crippen molar-refractivity contribution in [2.45, 2.75) is 25.3 Å². The van der Waals surface area contributed by atoms with Crippen molar-refractivity contribution in [1.82, 2.24) is 19.9 Å². The third-order valence-electron chi connectivity index (χ3n) is 4.45. The second-order valence-electron chi connectivity index (χ2n) is 6.04. The number of pyridine rings is 1. The van der Waals surface area contributed by atoms with Crippen LogP contribution < -0.4 is 5.32 Å². The fraction of sp³-hybridized carbons (Fsp3) is 0.333. The molecule has 4 rings (SSSR count). The number of fused-ring (bicyclic) bond motifs is 1. The zero-order valence-corrected chi connectivity index (χ0v) is 13.6. The summed E-state index contributed by atoms with van der Waals surface area (Å²) in [5.74, 6) is 1.08. The smallest absolute Gasteiger partial charge is 0.160 e. The van der Waals surface area contributed by atoms with E-state index in [1.165, 1.54) is 5.56 Å². The number of halogens is 1. The lowest BCUT2D eigenvalue weighted by Crippen LogP contribution is -2.30. The largest absolute Gasteiger partial charge is 0.317 e. The van der Waals surface area contributed by atoms with Crippen molar-refractivity contribution in [3.8, 4) is 0 Å². The van der Waals surface area contributed by atoms with Gasteiger partial charge in [0.1, 0.15) is 11.3 Å². The Hall–Kier alpha value is -1.91. The van der Waals surface area contributed by atoms with E-state index in [1.54, 1.807) is 6.20 Å². The lowest BCUT2D eigenvalue weighted by atomic mass is 10.1. The van der Waals surface area contributed by atoms with Gasteiger partial charge in [0.2, 0.25) is 0 Å². The summed E-state index contributed by atoms with van der Waals surface area (Å²) in [6.45, 7) is 2.09. The quantitative estimate of drug-likeness (QED) is 0.799. The number of imidazole rings is 1. The van der Waals surface area contributed by atoms with Gasteiger partial charge in [0.25, 0.3) is 0 Å². The van der Waals surface area contributed by atoms with E-state index in [1.807, 2.05) is 12.1 Å². The number of nitrogens with one attached hydrogen (secondary N) is 1. The van der Waals surface area contributed by atoms with Crippen LogP contribution in [0.25, 0.3) is 11.2 Å². The van der Waals surface area contributed by atoms with Crippen LogP contribution in [0.15, 0.2) is 42.6 Å². The average Bonchev–Trinajstić information content (AvgIpc) is 2.93. The number of hydrogen-bond acceptors (Lipinski definition) is 3. The van der Waals surface area contributed by atoms with Gasteiger partial charge in [-0.1, -0.05) is 41.9 Å². The fourth-order valence-electron chi connectivity index (χ4n) is 3.36. The van der Waals surface area contributed by atoms with Gasteiger partial charge in [-0.05, 0) is 37.6 Å². The highest BCUT2D eigenvalue weighted by molar-refractivity contribution is 6.31. The first-order valence-electron chi connectivity index (χ1n) is 8.08. The van der Waals surface area contributed by atoms with Crippen LogP contribution in [0.2, 0.25) is 5.02 Å². The molecule has 1 aromatic carbocycles. The van der Waals surface area contributed by atoms with Gasteiger partial charge in [-0.25, -0.2) is 9.97 Å². The van der Waals surface area contributed by atoms with Crippen molar-refractivity contribution in [3.05, 3.63) is 59.0 Å². The van der Waals surface area contributed by atoms with Gasteiger partial charge in [-0.3, -0.25) is 0 Å². The summed E-state index contributed by atoms with van der Waals surface area (Å²) in [6, 6.07) is 12.8. The van der Waals surface area contributed by atoms with Gasteiger partial charge in [0.15, 0.2) is 5.65 Å². The van der Waals surface area contributed by atoms with Gasteiger partial charge in [0, 0.05) is 18.7 Å². The molecule has 1 fully saturated rings. The molecule has 23 heavy (non-hydrogen) atoms. The molecule has 4 nitrogen and oxygen atoms in total. The van der Waals surface area contributed by atoms with E-state index in [4.69, 9.17) is 16.6 Å². The maximum Gasteiger partial charge on any atom is 0.160 e. The van der Waals surface area contributed by atoms with Crippen molar-refractivity contribution in [1.29, 1.82) is 0 Å². The molecule has 0 atom stereocenters. The minimum absolute atomic E-state index is 0.452. The van der Waals surface area contributed by atoms with E-state index < -0.39 is 0 Å². The molecule has 0 radical (unpaired) electrons. The topological polar surface area (TPSA) is 42.7 Å². The van der Waals surface area contributed by atoms with E-state index in [-0.39, 0.29) is 0 Å². The molecule has 1 aliphatic heterocycles. The van der Waals surface area contributed by atoms with Crippen LogP contribution in [0.4, 0.5) is 0 Å². The Labute approximate surface area is 140 Å². The lowest BCUT2D eigenvalue weighted by molar-refractivity contribution is 0.367. The predicted octanol–water partition coefficient (Wildman–Crippen LogP) is 3.60. The number of hydrogen-bond donors (Lipinski definition) is 1. The summed E-state index contributed by atoms with van der Waals surface area (Å²) in [5, 5.41) is 4.07. The van der Waals surface area contributed by atoms with E-state index in [2.05, 4.69) is 39.1 Å². The summed E-state index contributed by atoms with van der Waals surface area (Å²) >= 11 is 6.10. The Kier molecular flexibility index (Phi) is 4.02. The van der Waals surface area contributed by atoms with Crippen LogP contribution in [0.5, 0.6) is 0 Å². The molecule has 0 spiro atoms. The lowest BCUT2D eigenvalue weighted by Gasteiger charge is -2.26. The Balaban J connectivity index is 1.80. The first-order chi connectivity index (χ1) is 11.3. The minimum Gasteiger partial charge on any atom is -0.317 e. The molecule has 2 aromatic heterocycles. The summed E-state index contributed by atoms with van der Waals surface area (Å²) in [6.07, 6.45) is 4.75. The van der Waals surface area contributed by atoms with Crippen molar-refractivity contribution in [2.24, 2.45) is 0 Å². The Morgan fingerprint density at radius 2 is 1.96 bits per heavy atom. The normalized spacial score (nSPS) is 16.0. The highest BCUT2D eigenvalue weighted by atomic mass is 35.5. The molecule has 5 heteroatoms. The van der Waals surface area contributed by atoms with Crippen molar-refractivity contribution >= 4 is 22.8 Å². The van der Waals surface area contributed by atoms with E-state index in [9.17, 15) is 0 Å². The number of nitrogens with zero attached hydrogens (tertiary/aromatic N) is 3. The summed E-state index contributed by atoms with van der Waals surface area (Å²) in [4.78, 5) is 9.41. The minimum atomic E-state index is 0.452. The second-order valence-corrected chi connectivity index (χ2v) is 6.47. The van der Waals surface area contributed by atoms with Crippen molar-refractivity contribution in [2.75, 3.05) is 13.1 Å². The number of rotatable bonds is 3. The SMILES string of the molecule is Clc1cnc2c(c1)nc(Cc1ccccc1)n2C1CCNCC1. The number of aromatic nitrogens is 3. The second kappa shape index (κ2) is 6.30. The Bertz CT molecular complexity index is 807. The molecule has 1 aliphatic rings. The standard InChI is InChI=1S/C18H19ClN4/c19-14-11-16-18(21-12-14)23(15-6-8-20-9-7-15)17(22-16)10-13-4-2-1-3-5-13/h1-5,11-12,15,20H,6-10H2. The molecule has 0 unspecified atom stereocenters. The molecular weight excluding hydrogens is 308 g/mol. The first-order valence-corrected chi connectivity index (χ1v) is 8.46. The first kappa shape index (κ1) is 14.7. The molecule has 0 aliphatic carbocycles. The molecule has 1 saturated heterocycles. The molecule has 0 amide bonds. The highest BCUT2D eigenvalue weighted by Crippen LogP contribution is 2.28. The zero-order valence-electron chi connectivity index (χ0n) is 12.9. The summed E-state index contributed by atoms with van der Waals surface area (Å²) < 4.78 is 2.33. The molecular formula is C18H19ClN4. The maximum atomic E-state index is 6.10. The molecule has 118 valence electrons. The van der Waals surface area contributed by atoms with Gasteiger partial charge in [-0.2, -0.15) is 0 Å². The van der Waals surface area contributed by atoms with Gasteiger partial charge in [-0.15, -0.1) is 0 Å². The summed E-state index contributed by atoms with van der Waals surface area (Å²) in [7, 11) is 0. The van der Waals surface area contributed by atoms with Gasteiger partial charge in [0.05, 0.1) is 5.02 Å². The fourth-order valence-corrected chi connectivity index (χ4v) is 3.51. The Morgan fingerprint density at radius 1 is 1.17 bits per heavy atom. The monoisotopic (exact) mass is 326 g/mol. The molecule has 0 bridgehead atoms. The molecule has 3 aromatic rings. The summed E-state index contributed by atoms with van der Waals surface area (Å²) in [5.41, 5.74) is 3.11. The highest BCUT2D eigenvalue weighted by Gasteiger charge is 2.22. The van der Waals surface area contributed by atoms with E-state index >= 15 is 0 Å². The maximum absolute atomic E-state index is 6.10. The van der Waals surface area contributed by atoms with Crippen LogP contribution in [0.3, 0.4) is 0 Å². The predicted molar refractivity (Wildman–Crippen MR) is 92.9 cm³/mol. The third kappa shape index (κ3) is 2.96. The van der Waals surface area contributed by atoms with Gasteiger partial charge < -0.3 is 9.88 Å².